The van der Waals surface area contributed by atoms with Gasteiger partial charge in [0.05, 0.1) is 27.9 Å². The van der Waals surface area contributed by atoms with E-state index in [-0.39, 0.29) is 5.91 Å². The molecule has 1 N–H and O–H groups in total. The number of aryl methyl sites for hydroxylation is 4. The van der Waals surface area contributed by atoms with Crippen molar-refractivity contribution in [1.82, 2.24) is 14.8 Å². The first kappa shape index (κ1) is 18.4. The molecule has 1 aromatic carbocycles. The molecule has 0 saturated carbocycles. The molecule has 138 valence electrons. The second kappa shape index (κ2) is 6.72. The molecule has 0 spiro atoms. The van der Waals surface area contributed by atoms with Crippen LogP contribution in [-0.2, 0) is 7.05 Å². The molecule has 0 atom stereocenters. The molecule has 0 unspecified atom stereocenters. The molecule has 0 aliphatic rings. The number of hydrogen-bond acceptors (Lipinski definition) is 5. The molecule has 7 heteroatoms. The average molecular weight is 362 g/mol. The fourth-order valence-electron chi connectivity index (χ4n) is 3.31. The number of nitriles is 1. The summed E-state index contributed by atoms with van der Waals surface area (Å²) in [5.41, 5.74) is 5.47. The lowest BCUT2D eigenvalue weighted by Gasteiger charge is -2.18. The Kier molecular flexibility index (Phi) is 4.58. The Balaban J connectivity index is 2.08. The molecule has 2 heterocycles. The van der Waals surface area contributed by atoms with Gasteiger partial charge in [0.25, 0.3) is 5.91 Å². The highest BCUT2D eigenvalue weighted by Crippen LogP contribution is 2.28. The summed E-state index contributed by atoms with van der Waals surface area (Å²) >= 11 is 0. The van der Waals surface area contributed by atoms with Crippen LogP contribution in [0.2, 0.25) is 0 Å². The van der Waals surface area contributed by atoms with Crippen molar-refractivity contribution in [3.05, 3.63) is 46.3 Å². The summed E-state index contributed by atoms with van der Waals surface area (Å²) in [5, 5.41) is 17.5. The number of hydrogen-bond donors (Lipinski definition) is 1. The fourth-order valence-corrected chi connectivity index (χ4v) is 3.31. The van der Waals surface area contributed by atoms with Gasteiger partial charge >= 0.3 is 0 Å². The normalized spacial score (nSPS) is 10.7. The van der Waals surface area contributed by atoms with E-state index in [1.165, 1.54) is 0 Å². The van der Waals surface area contributed by atoms with Gasteiger partial charge in [-0.05, 0) is 44.5 Å². The van der Waals surface area contributed by atoms with E-state index in [2.05, 4.69) is 21.5 Å². The molecule has 7 nitrogen and oxygen atoms in total. The van der Waals surface area contributed by atoms with Crippen molar-refractivity contribution in [2.45, 2.75) is 20.8 Å². The van der Waals surface area contributed by atoms with Gasteiger partial charge in [-0.3, -0.25) is 9.48 Å². The Morgan fingerprint density at radius 2 is 1.93 bits per heavy atom. The number of amides is 1. The highest BCUT2D eigenvalue weighted by atomic mass is 16.1. The predicted molar refractivity (Wildman–Crippen MR) is 106 cm³/mol. The molecule has 0 saturated heterocycles. The lowest BCUT2D eigenvalue weighted by atomic mass is 10.1. The van der Waals surface area contributed by atoms with Crippen molar-refractivity contribution in [3.63, 3.8) is 0 Å². The maximum Gasteiger partial charge on any atom is 0.256 e. The number of nitrogens with one attached hydrogen (secondary N) is 1. The molecule has 27 heavy (non-hydrogen) atoms. The molecular formula is C20H22N6O. The first-order chi connectivity index (χ1) is 12.7. The average Bonchev–Trinajstić information content (AvgIpc) is 2.88. The number of carbonyl (C=O) groups excluding carboxylic acids is 1. The smallest absolute Gasteiger partial charge is 0.256 e. The number of fused-ring (bicyclic) bond motifs is 1. The third-order valence-corrected chi connectivity index (χ3v) is 4.53. The van der Waals surface area contributed by atoms with Crippen molar-refractivity contribution in [1.29, 1.82) is 5.26 Å². The first-order valence-corrected chi connectivity index (χ1v) is 8.57. The van der Waals surface area contributed by atoms with Crippen molar-refractivity contribution in [2.24, 2.45) is 7.05 Å². The van der Waals surface area contributed by atoms with Crippen LogP contribution in [0.3, 0.4) is 0 Å². The zero-order valence-electron chi connectivity index (χ0n) is 16.4. The molecule has 0 aliphatic carbocycles. The summed E-state index contributed by atoms with van der Waals surface area (Å²) in [6, 6.07) is 7.53. The first-order valence-electron chi connectivity index (χ1n) is 8.57. The zero-order chi connectivity index (χ0) is 19.9. The van der Waals surface area contributed by atoms with Crippen molar-refractivity contribution in [2.75, 3.05) is 24.3 Å². The minimum atomic E-state index is -0.282. The van der Waals surface area contributed by atoms with Crippen molar-refractivity contribution < 1.29 is 4.79 Å². The van der Waals surface area contributed by atoms with Crippen LogP contribution in [0.4, 0.5) is 11.4 Å². The van der Waals surface area contributed by atoms with Crippen LogP contribution in [0.1, 0.15) is 32.9 Å². The summed E-state index contributed by atoms with van der Waals surface area (Å²) in [6.45, 7) is 5.65. The van der Waals surface area contributed by atoms with Crippen LogP contribution in [0.25, 0.3) is 11.0 Å². The van der Waals surface area contributed by atoms with Gasteiger partial charge in [-0.25, -0.2) is 4.98 Å². The molecule has 3 rings (SSSR count). The molecule has 0 fully saturated rings. The second-order valence-electron chi connectivity index (χ2n) is 6.86. The standard InChI is InChI=1S/C20H22N6O/c1-11-7-16(14(10-21)9-17(11)25(4)5)23-20(27)15-8-12(2)22-19-18(15)13(3)24-26(19)6/h7-9H,1-6H3,(H,23,27). The largest absolute Gasteiger partial charge is 0.377 e. The monoisotopic (exact) mass is 362 g/mol. The minimum Gasteiger partial charge on any atom is -0.377 e. The van der Waals surface area contributed by atoms with Crippen LogP contribution in [0, 0.1) is 32.1 Å². The van der Waals surface area contributed by atoms with Gasteiger partial charge in [0.1, 0.15) is 6.07 Å². The van der Waals surface area contributed by atoms with E-state index in [9.17, 15) is 10.1 Å². The maximum atomic E-state index is 13.0. The molecular weight excluding hydrogens is 340 g/mol. The van der Waals surface area contributed by atoms with Crippen molar-refractivity contribution >= 4 is 28.3 Å². The zero-order valence-corrected chi connectivity index (χ0v) is 16.4. The Morgan fingerprint density at radius 1 is 1.22 bits per heavy atom. The van der Waals surface area contributed by atoms with E-state index in [0.717, 1.165) is 28.0 Å². The number of benzene rings is 1. The SMILES string of the molecule is Cc1cc(C(=O)Nc2cc(C)c(N(C)C)cc2C#N)c2c(C)nn(C)c2n1. The van der Waals surface area contributed by atoms with Crippen LogP contribution in [0.5, 0.6) is 0 Å². The Bertz CT molecular complexity index is 1100. The summed E-state index contributed by atoms with van der Waals surface area (Å²) in [4.78, 5) is 19.5. The number of pyridine rings is 1. The van der Waals surface area contributed by atoms with E-state index >= 15 is 0 Å². The maximum absolute atomic E-state index is 13.0. The van der Waals surface area contributed by atoms with Gasteiger partial charge in [0, 0.05) is 32.5 Å². The highest BCUT2D eigenvalue weighted by molar-refractivity contribution is 6.13. The van der Waals surface area contributed by atoms with E-state index < -0.39 is 0 Å². The number of aromatic nitrogens is 3. The number of nitrogens with zero attached hydrogens (tertiary/aromatic N) is 5. The summed E-state index contributed by atoms with van der Waals surface area (Å²) in [6.07, 6.45) is 0. The van der Waals surface area contributed by atoms with Crippen LogP contribution in [-0.4, -0.2) is 34.8 Å². The Morgan fingerprint density at radius 3 is 2.56 bits per heavy atom. The summed E-state index contributed by atoms with van der Waals surface area (Å²) in [7, 11) is 5.65. The van der Waals surface area contributed by atoms with Crippen LogP contribution < -0.4 is 10.2 Å². The molecule has 0 radical (unpaired) electrons. The lowest BCUT2D eigenvalue weighted by molar-refractivity contribution is 0.102. The Hall–Kier alpha value is -3.40. The third kappa shape index (κ3) is 3.22. The van der Waals surface area contributed by atoms with Crippen LogP contribution in [0.15, 0.2) is 18.2 Å². The summed E-state index contributed by atoms with van der Waals surface area (Å²) in [5.74, 6) is -0.282. The van der Waals surface area contributed by atoms with Gasteiger partial charge in [-0.15, -0.1) is 0 Å². The number of carbonyl (C=O) groups is 1. The molecule has 2 aromatic heterocycles. The highest BCUT2D eigenvalue weighted by Gasteiger charge is 2.19. The molecule has 0 bridgehead atoms. The van der Waals surface area contributed by atoms with Gasteiger partial charge < -0.3 is 10.2 Å². The van der Waals surface area contributed by atoms with E-state index in [0.29, 0.717) is 22.5 Å². The Labute approximate surface area is 158 Å². The summed E-state index contributed by atoms with van der Waals surface area (Å²) < 4.78 is 1.67. The van der Waals surface area contributed by atoms with E-state index in [4.69, 9.17) is 0 Å². The molecule has 1 amide bonds. The van der Waals surface area contributed by atoms with Crippen LogP contribution >= 0.6 is 0 Å². The van der Waals surface area contributed by atoms with Gasteiger partial charge in [-0.1, -0.05) is 0 Å². The quantitative estimate of drug-likeness (QED) is 0.774. The second-order valence-corrected chi connectivity index (χ2v) is 6.86. The van der Waals surface area contributed by atoms with E-state index in [1.54, 1.807) is 23.9 Å². The third-order valence-electron chi connectivity index (χ3n) is 4.53. The van der Waals surface area contributed by atoms with E-state index in [1.807, 2.05) is 45.8 Å². The van der Waals surface area contributed by atoms with Crippen molar-refractivity contribution in [3.8, 4) is 6.07 Å². The van der Waals surface area contributed by atoms with Gasteiger partial charge in [0.2, 0.25) is 0 Å². The number of anilines is 2. The molecule has 3 aromatic rings. The minimum absolute atomic E-state index is 0.282. The van der Waals surface area contributed by atoms with Gasteiger partial charge in [0.15, 0.2) is 5.65 Å². The van der Waals surface area contributed by atoms with Gasteiger partial charge in [-0.2, -0.15) is 10.4 Å². The lowest BCUT2D eigenvalue weighted by Crippen LogP contribution is -2.16. The molecule has 0 aliphatic heterocycles. The topological polar surface area (TPSA) is 86.8 Å². The number of rotatable bonds is 3. The fraction of sp³-hybridized carbons (Fsp3) is 0.300. The predicted octanol–water partition coefficient (Wildman–Crippen LogP) is 3.08.